The molecule has 17 heteroatoms. The van der Waals surface area contributed by atoms with Crippen molar-refractivity contribution >= 4 is 43.3 Å². The number of amides is 6. The maximum atomic E-state index is 13.2. The van der Waals surface area contributed by atoms with Gasteiger partial charge in [0.25, 0.3) is 0 Å². The molecule has 0 aliphatic carbocycles. The van der Waals surface area contributed by atoms with Crippen molar-refractivity contribution in [2.24, 2.45) is 11.7 Å². The average Bonchev–Trinajstić information content (AvgIpc) is 3.00. The van der Waals surface area contributed by atoms with Crippen LogP contribution < -0.4 is 36.8 Å². The Bertz CT molecular complexity index is 1450. The molecule has 0 fully saturated rings. The summed E-state index contributed by atoms with van der Waals surface area (Å²) >= 11 is 0. The first-order valence-corrected chi connectivity index (χ1v) is 16.2. The van der Waals surface area contributed by atoms with Gasteiger partial charge in [0.05, 0.1) is 13.1 Å². The van der Waals surface area contributed by atoms with E-state index in [1.54, 1.807) is 37.3 Å². The molecule has 256 valence electrons. The summed E-state index contributed by atoms with van der Waals surface area (Å²) in [6, 6.07) is 11.1. The number of benzene rings is 2. The second-order valence-electron chi connectivity index (χ2n) is 10.8. The van der Waals surface area contributed by atoms with Crippen LogP contribution in [-0.2, 0) is 46.2 Å². The van der Waals surface area contributed by atoms with Crippen LogP contribution in [0.4, 0.5) is 0 Å². The average molecular weight is 677 g/mol. The van der Waals surface area contributed by atoms with Crippen LogP contribution in [0.5, 0.6) is 5.75 Å². The summed E-state index contributed by atoms with van der Waals surface area (Å²) in [6.07, 6.45) is 0.579. The maximum Gasteiger partial charge on any atom is 0.524 e. The SMILES string of the molecule is CC[C@H](C)[C@H](NC(C)=O)C(=O)N[C@@H](Cc1ccc(OP(=O)(O)O)cc1)C(=O)NCC(=O)NCC(=O)N[C@H](Cc1ccccc1)C(N)=O. The van der Waals surface area contributed by atoms with Gasteiger partial charge < -0.3 is 36.8 Å². The number of carbonyl (C=O) groups is 6. The molecule has 0 radical (unpaired) electrons. The summed E-state index contributed by atoms with van der Waals surface area (Å²) in [7, 11) is -4.80. The second kappa shape index (κ2) is 18.4. The Morgan fingerprint density at radius 1 is 0.787 bits per heavy atom. The summed E-state index contributed by atoms with van der Waals surface area (Å²) in [6.45, 7) is 3.75. The Morgan fingerprint density at radius 2 is 1.36 bits per heavy atom. The summed E-state index contributed by atoms with van der Waals surface area (Å²) in [5.74, 6) is -4.46. The lowest BCUT2D eigenvalue weighted by Gasteiger charge is -2.26. The largest absolute Gasteiger partial charge is 0.524 e. The van der Waals surface area contributed by atoms with E-state index in [-0.39, 0.29) is 24.5 Å². The summed E-state index contributed by atoms with van der Waals surface area (Å²) < 4.78 is 15.6. The summed E-state index contributed by atoms with van der Waals surface area (Å²) in [4.78, 5) is 92.9. The number of carbonyl (C=O) groups excluding carboxylic acids is 6. The maximum absolute atomic E-state index is 13.2. The van der Waals surface area contributed by atoms with Crippen LogP contribution in [0.3, 0.4) is 0 Å². The Balaban J connectivity index is 2.06. The minimum atomic E-state index is -4.80. The van der Waals surface area contributed by atoms with Crippen molar-refractivity contribution in [2.75, 3.05) is 13.1 Å². The van der Waals surface area contributed by atoms with Crippen LogP contribution in [0.1, 0.15) is 38.3 Å². The molecule has 0 heterocycles. The van der Waals surface area contributed by atoms with Crippen LogP contribution in [0.25, 0.3) is 0 Å². The lowest BCUT2D eigenvalue weighted by Crippen LogP contribution is -2.56. The lowest BCUT2D eigenvalue weighted by molar-refractivity contribution is -0.133. The van der Waals surface area contributed by atoms with Crippen molar-refractivity contribution in [3.05, 3.63) is 65.7 Å². The monoisotopic (exact) mass is 676 g/mol. The zero-order chi connectivity index (χ0) is 35.1. The minimum Gasteiger partial charge on any atom is -0.404 e. The fourth-order valence-corrected chi connectivity index (χ4v) is 4.70. The fourth-order valence-electron chi connectivity index (χ4n) is 4.30. The van der Waals surface area contributed by atoms with E-state index in [1.165, 1.54) is 31.2 Å². The first kappa shape index (κ1) is 38.4. The molecule has 47 heavy (non-hydrogen) atoms. The van der Waals surface area contributed by atoms with E-state index in [0.29, 0.717) is 12.0 Å². The molecule has 0 spiro atoms. The van der Waals surface area contributed by atoms with Crippen molar-refractivity contribution < 1.29 is 47.6 Å². The van der Waals surface area contributed by atoms with Crippen molar-refractivity contribution in [1.29, 1.82) is 0 Å². The highest BCUT2D eigenvalue weighted by Crippen LogP contribution is 2.37. The van der Waals surface area contributed by atoms with Gasteiger partial charge in [-0.25, -0.2) is 4.57 Å². The Morgan fingerprint density at radius 3 is 1.91 bits per heavy atom. The van der Waals surface area contributed by atoms with Gasteiger partial charge in [0.1, 0.15) is 23.9 Å². The number of hydrogen-bond donors (Lipinski definition) is 8. The number of rotatable bonds is 18. The normalized spacial score (nSPS) is 13.6. The zero-order valence-electron chi connectivity index (χ0n) is 26.2. The molecule has 0 aromatic heterocycles. The number of nitrogens with one attached hydrogen (secondary N) is 5. The molecule has 6 amide bonds. The molecule has 2 rings (SSSR count). The van der Waals surface area contributed by atoms with E-state index in [1.807, 2.05) is 6.92 Å². The van der Waals surface area contributed by atoms with Crippen molar-refractivity contribution in [1.82, 2.24) is 26.6 Å². The number of nitrogens with two attached hydrogens (primary N) is 1. The van der Waals surface area contributed by atoms with Gasteiger partial charge in [-0.15, -0.1) is 0 Å². The molecule has 2 aromatic rings. The summed E-state index contributed by atoms with van der Waals surface area (Å²) in [5.41, 5.74) is 6.64. The third kappa shape index (κ3) is 14.5. The quantitative estimate of drug-likeness (QED) is 0.0911. The zero-order valence-corrected chi connectivity index (χ0v) is 27.1. The van der Waals surface area contributed by atoms with Crippen LogP contribution in [-0.4, -0.2) is 76.4 Å². The number of phosphoric acid groups is 1. The van der Waals surface area contributed by atoms with E-state index >= 15 is 0 Å². The molecule has 0 unspecified atom stereocenters. The topological polar surface area (TPSA) is 255 Å². The first-order chi connectivity index (χ1) is 22.1. The van der Waals surface area contributed by atoms with E-state index < -0.39 is 74.5 Å². The third-order valence-corrected chi connectivity index (χ3v) is 7.35. The van der Waals surface area contributed by atoms with E-state index in [2.05, 4.69) is 31.1 Å². The van der Waals surface area contributed by atoms with Gasteiger partial charge in [-0.1, -0.05) is 62.7 Å². The molecule has 9 N–H and O–H groups in total. The molecule has 0 saturated heterocycles. The predicted octanol–water partition coefficient (Wildman–Crippen LogP) is -0.819. The Hall–Kier alpha value is -4.79. The smallest absolute Gasteiger partial charge is 0.404 e. The van der Waals surface area contributed by atoms with Crippen LogP contribution >= 0.6 is 7.82 Å². The molecule has 4 atom stereocenters. The molecule has 0 aliphatic rings. The van der Waals surface area contributed by atoms with Crippen LogP contribution in [0, 0.1) is 5.92 Å². The standard InChI is InChI=1S/C30H41N6O10P/c1-4-18(2)27(34-19(3)37)30(42)36-24(15-21-10-12-22(13-11-21)46-47(43,44)45)29(41)33-16-25(38)32-17-26(39)35-23(28(31)40)14-20-8-6-5-7-9-20/h5-13,18,23-24,27H,4,14-17H2,1-3H3,(H2,31,40)(H,32,38)(H,33,41)(H,34,37)(H,35,39)(H,36,42)(H2,43,44,45)/t18-,23+,24-,27-/m0/s1. The van der Waals surface area contributed by atoms with Crippen molar-refractivity contribution in [3.63, 3.8) is 0 Å². The highest BCUT2D eigenvalue weighted by molar-refractivity contribution is 7.46. The Labute approximate surface area is 271 Å². The predicted molar refractivity (Wildman–Crippen MR) is 169 cm³/mol. The van der Waals surface area contributed by atoms with Crippen molar-refractivity contribution in [2.45, 2.75) is 58.2 Å². The second-order valence-corrected chi connectivity index (χ2v) is 11.9. The van der Waals surface area contributed by atoms with E-state index in [0.717, 1.165) is 5.56 Å². The highest BCUT2D eigenvalue weighted by Gasteiger charge is 2.30. The fraction of sp³-hybridized carbons (Fsp3) is 0.400. The highest BCUT2D eigenvalue weighted by atomic mass is 31.2. The number of primary amides is 1. The van der Waals surface area contributed by atoms with Crippen molar-refractivity contribution in [3.8, 4) is 5.75 Å². The third-order valence-electron chi connectivity index (χ3n) is 6.91. The van der Waals surface area contributed by atoms with Gasteiger partial charge in [-0.2, -0.15) is 0 Å². The molecule has 0 bridgehead atoms. The molecule has 0 saturated carbocycles. The lowest BCUT2D eigenvalue weighted by atomic mass is 9.97. The number of hydrogen-bond acceptors (Lipinski definition) is 8. The van der Waals surface area contributed by atoms with Gasteiger partial charge in [0, 0.05) is 19.8 Å². The molecule has 0 aliphatic heterocycles. The van der Waals surface area contributed by atoms with Gasteiger partial charge in [0.15, 0.2) is 0 Å². The van der Waals surface area contributed by atoms with E-state index in [9.17, 15) is 33.3 Å². The van der Waals surface area contributed by atoms with E-state index in [4.69, 9.17) is 15.5 Å². The molecular weight excluding hydrogens is 635 g/mol. The minimum absolute atomic E-state index is 0.110. The van der Waals surface area contributed by atoms with Crippen LogP contribution in [0.15, 0.2) is 54.6 Å². The first-order valence-electron chi connectivity index (χ1n) is 14.7. The van der Waals surface area contributed by atoms with Gasteiger partial charge in [-0.05, 0) is 29.2 Å². The Kier molecular flexibility index (Phi) is 15.0. The molecular formula is C30H41N6O10P. The van der Waals surface area contributed by atoms with Crippen LogP contribution in [0.2, 0.25) is 0 Å². The van der Waals surface area contributed by atoms with Gasteiger partial charge >= 0.3 is 7.82 Å². The molecule has 2 aromatic carbocycles. The van der Waals surface area contributed by atoms with Gasteiger partial charge in [0.2, 0.25) is 35.4 Å². The van der Waals surface area contributed by atoms with Gasteiger partial charge in [-0.3, -0.25) is 38.6 Å². The summed E-state index contributed by atoms with van der Waals surface area (Å²) in [5, 5.41) is 12.4. The molecule has 16 nitrogen and oxygen atoms in total. The number of phosphoric ester groups is 1.